The lowest BCUT2D eigenvalue weighted by atomic mass is 9.84. The first kappa shape index (κ1) is 10.1. The van der Waals surface area contributed by atoms with Gasteiger partial charge in [-0.05, 0) is 12.8 Å². The van der Waals surface area contributed by atoms with E-state index in [0.717, 1.165) is 30.6 Å². The highest BCUT2D eigenvalue weighted by atomic mass is 16.2. The van der Waals surface area contributed by atoms with Crippen LogP contribution >= 0.6 is 0 Å². The van der Waals surface area contributed by atoms with Crippen molar-refractivity contribution in [1.82, 2.24) is 4.90 Å². The van der Waals surface area contributed by atoms with Gasteiger partial charge < -0.3 is 5.73 Å². The summed E-state index contributed by atoms with van der Waals surface area (Å²) in [5.41, 5.74) is 4.51. The molecule has 5 heteroatoms. The number of carbonyl (C=O) groups excluding carboxylic acids is 3. The minimum atomic E-state index is -0.633. The number of hydrogen-bond acceptors (Lipinski definition) is 3. The molecule has 0 aromatic carbocycles. The molecule has 0 aromatic heterocycles. The molecule has 2 fully saturated rings. The highest BCUT2D eigenvalue weighted by Crippen LogP contribution is 2.46. The largest absolute Gasteiger partial charge is 0.368 e. The molecular formula is C10H14N2O3. The minimum absolute atomic E-state index is 0.191. The van der Waals surface area contributed by atoms with E-state index in [1.165, 1.54) is 0 Å². The van der Waals surface area contributed by atoms with Crippen LogP contribution in [0.4, 0.5) is 0 Å². The van der Waals surface area contributed by atoms with E-state index < -0.39 is 11.3 Å². The number of primary amides is 1. The summed E-state index contributed by atoms with van der Waals surface area (Å²) in [6, 6.07) is 0. The molecule has 1 saturated carbocycles. The fourth-order valence-electron chi connectivity index (χ4n) is 2.62. The van der Waals surface area contributed by atoms with Crippen LogP contribution < -0.4 is 5.73 Å². The molecule has 15 heavy (non-hydrogen) atoms. The molecule has 2 N–H and O–H groups in total. The van der Waals surface area contributed by atoms with Gasteiger partial charge in [0.1, 0.15) is 6.54 Å². The average Bonchev–Trinajstić information content (AvgIpc) is 2.69. The van der Waals surface area contributed by atoms with Crippen molar-refractivity contribution in [3.05, 3.63) is 0 Å². The van der Waals surface area contributed by atoms with Gasteiger partial charge in [-0.15, -0.1) is 0 Å². The van der Waals surface area contributed by atoms with Gasteiger partial charge in [0.25, 0.3) is 0 Å². The summed E-state index contributed by atoms with van der Waals surface area (Å²) in [5, 5.41) is 0. The lowest BCUT2D eigenvalue weighted by Gasteiger charge is -2.19. The summed E-state index contributed by atoms with van der Waals surface area (Å²) in [4.78, 5) is 35.3. The van der Waals surface area contributed by atoms with E-state index >= 15 is 0 Å². The van der Waals surface area contributed by atoms with E-state index in [1.807, 2.05) is 0 Å². The predicted molar refractivity (Wildman–Crippen MR) is 51.4 cm³/mol. The Balaban J connectivity index is 2.19. The number of amides is 3. The molecule has 0 bridgehead atoms. The zero-order valence-electron chi connectivity index (χ0n) is 8.49. The molecule has 1 aliphatic carbocycles. The first-order chi connectivity index (χ1) is 7.05. The van der Waals surface area contributed by atoms with Gasteiger partial charge in [-0.3, -0.25) is 19.3 Å². The van der Waals surface area contributed by atoms with Crippen molar-refractivity contribution in [2.45, 2.75) is 32.1 Å². The molecule has 1 spiro atoms. The van der Waals surface area contributed by atoms with Gasteiger partial charge in [0.15, 0.2) is 0 Å². The Kier molecular flexibility index (Phi) is 2.25. The summed E-state index contributed by atoms with van der Waals surface area (Å²) >= 11 is 0. The molecule has 1 saturated heterocycles. The second-order valence-electron chi connectivity index (χ2n) is 4.42. The highest BCUT2D eigenvalue weighted by molar-refractivity contribution is 6.08. The zero-order valence-corrected chi connectivity index (χ0v) is 8.49. The third kappa shape index (κ3) is 1.52. The standard InChI is InChI=1S/C10H14N2O3/c11-7(13)6-12-8(14)5-10(9(12)15)3-1-2-4-10/h1-6H2,(H2,11,13). The molecule has 2 aliphatic rings. The number of hydrogen-bond donors (Lipinski definition) is 1. The van der Waals surface area contributed by atoms with Crippen molar-refractivity contribution in [2.24, 2.45) is 11.1 Å². The number of imide groups is 1. The summed E-state index contributed by atoms with van der Waals surface area (Å²) in [5.74, 6) is -1.07. The molecule has 5 nitrogen and oxygen atoms in total. The summed E-state index contributed by atoms with van der Waals surface area (Å²) in [6.07, 6.45) is 3.78. The van der Waals surface area contributed by atoms with Crippen molar-refractivity contribution in [1.29, 1.82) is 0 Å². The van der Waals surface area contributed by atoms with Crippen LogP contribution in [-0.2, 0) is 14.4 Å². The second-order valence-corrected chi connectivity index (χ2v) is 4.42. The first-order valence-electron chi connectivity index (χ1n) is 5.18. The maximum Gasteiger partial charge on any atom is 0.237 e. The highest BCUT2D eigenvalue weighted by Gasteiger charge is 2.52. The fraction of sp³-hybridized carbons (Fsp3) is 0.700. The molecule has 3 amide bonds. The molecule has 0 atom stereocenters. The van der Waals surface area contributed by atoms with E-state index in [4.69, 9.17) is 5.73 Å². The van der Waals surface area contributed by atoms with Gasteiger partial charge in [-0.2, -0.15) is 0 Å². The number of likely N-dealkylation sites (tertiary alicyclic amines) is 1. The maximum atomic E-state index is 12.0. The third-order valence-corrected chi connectivity index (χ3v) is 3.36. The lowest BCUT2D eigenvalue weighted by molar-refractivity contribution is -0.144. The monoisotopic (exact) mass is 210 g/mol. The van der Waals surface area contributed by atoms with Gasteiger partial charge in [-0.25, -0.2) is 0 Å². The van der Waals surface area contributed by atoms with E-state index in [-0.39, 0.29) is 24.8 Å². The van der Waals surface area contributed by atoms with Crippen LogP contribution in [-0.4, -0.2) is 29.2 Å². The average molecular weight is 210 g/mol. The van der Waals surface area contributed by atoms with E-state index in [2.05, 4.69) is 0 Å². The first-order valence-corrected chi connectivity index (χ1v) is 5.18. The van der Waals surface area contributed by atoms with Crippen molar-refractivity contribution in [3.63, 3.8) is 0 Å². The van der Waals surface area contributed by atoms with Crippen LogP contribution in [0.2, 0.25) is 0 Å². The molecule has 1 heterocycles. The van der Waals surface area contributed by atoms with Gasteiger partial charge in [0.2, 0.25) is 17.7 Å². The molecule has 2 rings (SSSR count). The predicted octanol–water partition coefficient (Wildman–Crippen LogP) is -0.209. The van der Waals surface area contributed by atoms with Crippen LogP contribution in [0.1, 0.15) is 32.1 Å². The minimum Gasteiger partial charge on any atom is -0.368 e. The Bertz CT molecular complexity index is 332. The zero-order chi connectivity index (χ0) is 11.1. The SMILES string of the molecule is NC(=O)CN1C(=O)CC2(CCCC2)C1=O. The van der Waals surface area contributed by atoms with Crippen LogP contribution in [0.3, 0.4) is 0 Å². The normalized spacial score (nSPS) is 24.1. The van der Waals surface area contributed by atoms with Crippen molar-refractivity contribution in [2.75, 3.05) is 6.54 Å². The summed E-state index contributed by atoms with van der Waals surface area (Å²) < 4.78 is 0. The van der Waals surface area contributed by atoms with Crippen molar-refractivity contribution in [3.8, 4) is 0 Å². The van der Waals surface area contributed by atoms with Crippen molar-refractivity contribution >= 4 is 17.7 Å². The Morgan fingerprint density at radius 2 is 1.93 bits per heavy atom. The third-order valence-electron chi connectivity index (χ3n) is 3.36. The smallest absolute Gasteiger partial charge is 0.237 e. The van der Waals surface area contributed by atoms with E-state index in [9.17, 15) is 14.4 Å². The van der Waals surface area contributed by atoms with Crippen LogP contribution in [0.25, 0.3) is 0 Å². The van der Waals surface area contributed by atoms with Crippen molar-refractivity contribution < 1.29 is 14.4 Å². The molecule has 0 radical (unpaired) electrons. The topological polar surface area (TPSA) is 80.5 Å². The molecule has 0 aromatic rings. The summed E-state index contributed by atoms with van der Waals surface area (Å²) in [6.45, 7) is -0.264. The lowest BCUT2D eigenvalue weighted by Crippen LogP contribution is -2.40. The van der Waals surface area contributed by atoms with Crippen LogP contribution in [0, 0.1) is 5.41 Å². The Hall–Kier alpha value is -1.39. The number of nitrogens with two attached hydrogens (primary N) is 1. The Labute approximate surface area is 87.6 Å². The molecule has 82 valence electrons. The molecular weight excluding hydrogens is 196 g/mol. The number of carbonyl (C=O) groups is 3. The van der Waals surface area contributed by atoms with Gasteiger partial charge >= 0.3 is 0 Å². The van der Waals surface area contributed by atoms with E-state index in [0.29, 0.717) is 0 Å². The van der Waals surface area contributed by atoms with Gasteiger partial charge in [-0.1, -0.05) is 12.8 Å². The number of nitrogens with zero attached hydrogens (tertiary/aromatic N) is 1. The quantitative estimate of drug-likeness (QED) is 0.640. The van der Waals surface area contributed by atoms with Gasteiger partial charge in [0.05, 0.1) is 5.41 Å². The molecule has 1 aliphatic heterocycles. The Morgan fingerprint density at radius 3 is 2.47 bits per heavy atom. The van der Waals surface area contributed by atoms with E-state index in [1.54, 1.807) is 0 Å². The summed E-state index contributed by atoms with van der Waals surface area (Å²) in [7, 11) is 0. The fourth-order valence-corrected chi connectivity index (χ4v) is 2.62. The molecule has 0 unspecified atom stereocenters. The number of rotatable bonds is 2. The van der Waals surface area contributed by atoms with Crippen LogP contribution in [0.15, 0.2) is 0 Å². The van der Waals surface area contributed by atoms with Gasteiger partial charge in [0, 0.05) is 6.42 Å². The Morgan fingerprint density at radius 1 is 1.33 bits per heavy atom. The second kappa shape index (κ2) is 3.32. The van der Waals surface area contributed by atoms with Crippen LogP contribution in [0.5, 0.6) is 0 Å². The maximum absolute atomic E-state index is 12.0.